The fourth-order valence-electron chi connectivity index (χ4n) is 0.659. The lowest BCUT2D eigenvalue weighted by Crippen LogP contribution is -2.04. The van der Waals surface area contributed by atoms with Gasteiger partial charge in [0.2, 0.25) is 0 Å². The van der Waals surface area contributed by atoms with Gasteiger partial charge in [-0.05, 0) is 18.4 Å². The first kappa shape index (κ1) is 7.28. The summed E-state index contributed by atoms with van der Waals surface area (Å²) in [6.45, 7) is 1.69. The second-order valence-electron chi connectivity index (χ2n) is 2.08. The predicted octanol–water partition coefficient (Wildman–Crippen LogP) is 1.94. The van der Waals surface area contributed by atoms with Crippen molar-refractivity contribution in [1.82, 2.24) is 0 Å². The molecule has 1 aromatic heterocycles. The average Bonchev–Trinajstić information content (AvgIpc) is 2.36. The molecule has 3 heteroatoms. The van der Waals surface area contributed by atoms with Gasteiger partial charge < -0.3 is 5.11 Å². The van der Waals surface area contributed by atoms with Crippen LogP contribution in [0, 0.1) is 0 Å². The van der Waals surface area contributed by atoms with Crippen LogP contribution in [0.3, 0.4) is 0 Å². The van der Waals surface area contributed by atoms with Crippen molar-refractivity contribution < 1.29 is 9.90 Å². The van der Waals surface area contributed by atoms with Gasteiger partial charge in [-0.1, -0.05) is 6.07 Å². The quantitative estimate of drug-likeness (QED) is 0.710. The second-order valence-corrected chi connectivity index (χ2v) is 3.05. The Labute approximate surface area is 63.1 Å². The number of hydrogen-bond acceptors (Lipinski definition) is 2. The molecule has 0 fully saturated rings. The van der Waals surface area contributed by atoms with E-state index in [0.717, 1.165) is 4.88 Å². The fourth-order valence-corrected chi connectivity index (χ4v) is 1.44. The molecule has 0 amide bonds. The molecule has 1 heterocycles. The van der Waals surface area contributed by atoms with E-state index in [1.165, 1.54) is 11.3 Å². The van der Waals surface area contributed by atoms with Gasteiger partial charge in [0.15, 0.2) is 0 Å². The first-order valence-corrected chi connectivity index (χ1v) is 3.86. The summed E-state index contributed by atoms with van der Waals surface area (Å²) in [6.07, 6.45) is 0. The second kappa shape index (κ2) is 2.84. The maximum Gasteiger partial charge on any atom is 0.311 e. The van der Waals surface area contributed by atoms with Gasteiger partial charge in [0.05, 0.1) is 5.92 Å². The number of carboxylic acid groups (broad SMARTS) is 1. The smallest absolute Gasteiger partial charge is 0.311 e. The maximum atomic E-state index is 10.4. The van der Waals surface area contributed by atoms with Crippen LogP contribution in [-0.2, 0) is 4.79 Å². The number of thiophene rings is 1. The summed E-state index contributed by atoms with van der Waals surface area (Å²) in [5.41, 5.74) is 0. The molecule has 0 aromatic carbocycles. The monoisotopic (exact) mass is 156 g/mol. The summed E-state index contributed by atoms with van der Waals surface area (Å²) in [5.74, 6) is -1.12. The van der Waals surface area contributed by atoms with E-state index in [-0.39, 0.29) is 5.92 Å². The van der Waals surface area contributed by atoms with Gasteiger partial charge in [0.25, 0.3) is 0 Å². The molecule has 1 aromatic rings. The summed E-state index contributed by atoms with van der Waals surface area (Å²) >= 11 is 1.48. The molecule has 54 valence electrons. The average molecular weight is 156 g/mol. The molecule has 0 spiro atoms. The molecule has 2 nitrogen and oxygen atoms in total. The lowest BCUT2D eigenvalue weighted by Gasteiger charge is -1.99. The Morgan fingerprint density at radius 2 is 2.50 bits per heavy atom. The highest BCUT2D eigenvalue weighted by Gasteiger charge is 2.13. The Morgan fingerprint density at radius 1 is 1.80 bits per heavy atom. The van der Waals surface area contributed by atoms with Crippen LogP contribution in [-0.4, -0.2) is 11.1 Å². The molecular weight excluding hydrogens is 148 g/mol. The van der Waals surface area contributed by atoms with Crippen LogP contribution in [0.5, 0.6) is 0 Å². The molecule has 0 aliphatic rings. The number of carbonyl (C=O) groups is 1. The predicted molar refractivity (Wildman–Crippen MR) is 40.4 cm³/mol. The zero-order valence-electron chi connectivity index (χ0n) is 5.57. The highest BCUT2D eigenvalue weighted by Crippen LogP contribution is 2.20. The van der Waals surface area contributed by atoms with Gasteiger partial charge in [0.1, 0.15) is 0 Å². The number of aliphatic carboxylic acids is 1. The van der Waals surface area contributed by atoms with E-state index in [0.29, 0.717) is 0 Å². The van der Waals surface area contributed by atoms with Crippen molar-refractivity contribution in [3.8, 4) is 0 Å². The SMILES string of the molecule is C[C@H](C(=O)O)c1cccs1. The molecule has 1 atom stereocenters. The Morgan fingerprint density at radius 3 is 2.90 bits per heavy atom. The molecule has 0 bridgehead atoms. The van der Waals surface area contributed by atoms with E-state index in [4.69, 9.17) is 5.11 Å². The molecule has 0 saturated heterocycles. The summed E-state index contributed by atoms with van der Waals surface area (Å²) in [6, 6.07) is 3.70. The van der Waals surface area contributed by atoms with Crippen LogP contribution in [0.1, 0.15) is 17.7 Å². The zero-order chi connectivity index (χ0) is 7.56. The van der Waals surface area contributed by atoms with Crippen LogP contribution >= 0.6 is 11.3 Å². The van der Waals surface area contributed by atoms with E-state index in [1.54, 1.807) is 6.92 Å². The van der Waals surface area contributed by atoms with Crippen molar-refractivity contribution >= 4 is 17.3 Å². The van der Waals surface area contributed by atoms with Gasteiger partial charge in [-0.25, -0.2) is 0 Å². The molecule has 0 aliphatic heterocycles. The molecule has 10 heavy (non-hydrogen) atoms. The van der Waals surface area contributed by atoms with E-state index < -0.39 is 5.97 Å². The molecule has 0 unspecified atom stereocenters. The van der Waals surface area contributed by atoms with Crippen LogP contribution < -0.4 is 0 Å². The van der Waals surface area contributed by atoms with Crippen LogP contribution in [0.4, 0.5) is 0 Å². The lowest BCUT2D eigenvalue weighted by atomic mass is 10.1. The van der Waals surface area contributed by atoms with Gasteiger partial charge >= 0.3 is 5.97 Å². The van der Waals surface area contributed by atoms with Crippen LogP contribution in [0.2, 0.25) is 0 Å². The van der Waals surface area contributed by atoms with E-state index in [1.807, 2.05) is 17.5 Å². The third-order valence-corrected chi connectivity index (χ3v) is 2.40. The standard InChI is InChI=1S/C7H8O2S/c1-5(7(8)9)6-3-2-4-10-6/h2-5H,1H3,(H,8,9)/t5-/m0/s1. The van der Waals surface area contributed by atoms with Gasteiger partial charge in [0, 0.05) is 4.88 Å². The first-order chi connectivity index (χ1) is 4.72. The molecule has 0 saturated carbocycles. The van der Waals surface area contributed by atoms with E-state index >= 15 is 0 Å². The summed E-state index contributed by atoms with van der Waals surface area (Å²) < 4.78 is 0. The van der Waals surface area contributed by atoms with Crippen molar-refractivity contribution in [2.45, 2.75) is 12.8 Å². The van der Waals surface area contributed by atoms with Crippen molar-refractivity contribution in [2.24, 2.45) is 0 Å². The van der Waals surface area contributed by atoms with Crippen molar-refractivity contribution in [3.63, 3.8) is 0 Å². The van der Waals surface area contributed by atoms with Crippen LogP contribution in [0.25, 0.3) is 0 Å². The fraction of sp³-hybridized carbons (Fsp3) is 0.286. The number of rotatable bonds is 2. The number of hydrogen-bond donors (Lipinski definition) is 1. The molecular formula is C7H8O2S. The van der Waals surface area contributed by atoms with Crippen molar-refractivity contribution in [2.75, 3.05) is 0 Å². The summed E-state index contributed by atoms with van der Waals surface area (Å²) in [7, 11) is 0. The minimum absolute atomic E-state index is 0.361. The lowest BCUT2D eigenvalue weighted by molar-refractivity contribution is -0.138. The highest BCUT2D eigenvalue weighted by molar-refractivity contribution is 7.10. The summed E-state index contributed by atoms with van der Waals surface area (Å²) in [4.78, 5) is 11.3. The minimum Gasteiger partial charge on any atom is -0.481 e. The Kier molecular flexibility index (Phi) is 2.06. The topological polar surface area (TPSA) is 37.3 Å². The Balaban J connectivity index is 2.77. The minimum atomic E-state index is -0.762. The highest BCUT2D eigenvalue weighted by atomic mass is 32.1. The normalized spacial score (nSPS) is 12.9. The molecule has 0 aliphatic carbocycles. The molecule has 1 N–H and O–H groups in total. The first-order valence-electron chi connectivity index (χ1n) is 2.98. The van der Waals surface area contributed by atoms with Gasteiger partial charge in [-0.15, -0.1) is 11.3 Å². The van der Waals surface area contributed by atoms with Gasteiger partial charge in [-0.3, -0.25) is 4.79 Å². The molecule has 0 radical (unpaired) electrons. The van der Waals surface area contributed by atoms with Crippen molar-refractivity contribution in [1.29, 1.82) is 0 Å². The Hall–Kier alpha value is -0.830. The van der Waals surface area contributed by atoms with Gasteiger partial charge in [-0.2, -0.15) is 0 Å². The largest absolute Gasteiger partial charge is 0.481 e. The Bertz CT molecular complexity index is 216. The molecule has 1 rings (SSSR count). The summed E-state index contributed by atoms with van der Waals surface area (Å²) in [5, 5.41) is 10.4. The maximum absolute atomic E-state index is 10.4. The number of carboxylic acids is 1. The van der Waals surface area contributed by atoms with Crippen molar-refractivity contribution in [3.05, 3.63) is 22.4 Å². The van der Waals surface area contributed by atoms with E-state index in [9.17, 15) is 4.79 Å². The van der Waals surface area contributed by atoms with Crippen LogP contribution in [0.15, 0.2) is 17.5 Å². The van der Waals surface area contributed by atoms with E-state index in [2.05, 4.69) is 0 Å². The third-order valence-electron chi connectivity index (χ3n) is 1.34. The third kappa shape index (κ3) is 1.36. The zero-order valence-corrected chi connectivity index (χ0v) is 6.39.